The summed E-state index contributed by atoms with van der Waals surface area (Å²) in [5, 5.41) is 0.892. The molecule has 4 aromatic rings. The molecule has 25 heavy (non-hydrogen) atoms. The minimum absolute atomic E-state index is 0. The van der Waals surface area contributed by atoms with Gasteiger partial charge in [-0.15, -0.1) is 23.7 Å². The second-order valence-electron chi connectivity index (χ2n) is 5.38. The Morgan fingerprint density at radius 2 is 2.00 bits per heavy atom. The third kappa shape index (κ3) is 3.78. The molecule has 0 unspecified atom stereocenters. The molecule has 0 aromatic carbocycles. The number of nitrogens with zero attached hydrogens (tertiary/aromatic N) is 4. The van der Waals surface area contributed by atoms with Gasteiger partial charge >= 0.3 is 0 Å². The summed E-state index contributed by atoms with van der Waals surface area (Å²) in [6.45, 7) is 0. The molecular weight excluding hydrogens is 358 g/mol. The number of oxazole rings is 1. The summed E-state index contributed by atoms with van der Waals surface area (Å²) in [6.07, 6.45) is 7.84. The molecule has 0 aliphatic carbocycles. The number of aromatic nitrogens is 4. The summed E-state index contributed by atoms with van der Waals surface area (Å²) in [7, 11) is 0. The van der Waals surface area contributed by atoms with Crippen molar-refractivity contribution >= 4 is 39.8 Å². The van der Waals surface area contributed by atoms with Crippen molar-refractivity contribution in [2.75, 3.05) is 5.73 Å². The van der Waals surface area contributed by atoms with E-state index >= 15 is 0 Å². The minimum Gasteiger partial charge on any atom is -0.442 e. The van der Waals surface area contributed by atoms with Crippen molar-refractivity contribution in [1.82, 2.24) is 19.9 Å². The van der Waals surface area contributed by atoms with E-state index in [4.69, 9.17) is 10.2 Å². The Hall–Kier alpha value is -2.51. The summed E-state index contributed by atoms with van der Waals surface area (Å²) < 4.78 is 5.25. The van der Waals surface area contributed by atoms with Crippen molar-refractivity contribution < 1.29 is 4.42 Å². The number of anilines is 1. The van der Waals surface area contributed by atoms with E-state index < -0.39 is 0 Å². The topological polar surface area (TPSA) is 90.7 Å². The SMILES string of the molecule is Cl.Nc1nc(-c2ncco2)nc2sc(CCCc3ccccn3)cc12. The fourth-order valence-corrected chi connectivity index (χ4v) is 3.61. The van der Waals surface area contributed by atoms with Gasteiger partial charge in [-0.2, -0.15) is 0 Å². The van der Waals surface area contributed by atoms with E-state index in [-0.39, 0.29) is 12.4 Å². The molecule has 128 valence electrons. The maximum atomic E-state index is 6.07. The first-order valence-electron chi connectivity index (χ1n) is 7.65. The lowest BCUT2D eigenvalue weighted by atomic mass is 10.1. The van der Waals surface area contributed by atoms with Gasteiger partial charge in [0.1, 0.15) is 16.9 Å². The molecule has 4 aromatic heterocycles. The molecule has 4 heterocycles. The van der Waals surface area contributed by atoms with Gasteiger partial charge in [0.25, 0.3) is 5.89 Å². The third-order valence-corrected chi connectivity index (χ3v) is 4.77. The Balaban J connectivity index is 0.00000182. The second kappa shape index (κ2) is 7.58. The first-order valence-corrected chi connectivity index (χ1v) is 8.47. The number of thiophene rings is 1. The van der Waals surface area contributed by atoms with Gasteiger partial charge in [-0.3, -0.25) is 4.98 Å². The number of aryl methyl sites for hydroxylation is 2. The van der Waals surface area contributed by atoms with E-state index in [2.05, 4.69) is 32.1 Å². The average Bonchev–Trinajstić information content (AvgIpc) is 3.25. The highest BCUT2D eigenvalue weighted by atomic mass is 35.5. The smallest absolute Gasteiger partial charge is 0.264 e. The van der Waals surface area contributed by atoms with Crippen LogP contribution in [0.3, 0.4) is 0 Å². The lowest BCUT2D eigenvalue weighted by Crippen LogP contribution is -1.95. The van der Waals surface area contributed by atoms with Gasteiger partial charge in [0.05, 0.1) is 11.6 Å². The summed E-state index contributed by atoms with van der Waals surface area (Å²) in [6, 6.07) is 8.08. The van der Waals surface area contributed by atoms with Gasteiger partial charge in [-0.05, 0) is 37.5 Å². The molecule has 0 saturated carbocycles. The van der Waals surface area contributed by atoms with Crippen LogP contribution in [0.1, 0.15) is 17.0 Å². The Morgan fingerprint density at radius 1 is 1.08 bits per heavy atom. The van der Waals surface area contributed by atoms with Crippen LogP contribution >= 0.6 is 23.7 Å². The van der Waals surface area contributed by atoms with Crippen LogP contribution < -0.4 is 5.73 Å². The van der Waals surface area contributed by atoms with Gasteiger partial charge in [0.2, 0.25) is 5.82 Å². The number of hydrogen-bond acceptors (Lipinski definition) is 7. The monoisotopic (exact) mass is 373 g/mol. The predicted molar refractivity (Wildman–Crippen MR) is 101 cm³/mol. The highest BCUT2D eigenvalue weighted by Gasteiger charge is 2.13. The molecule has 0 radical (unpaired) electrons. The number of pyridine rings is 1. The highest BCUT2D eigenvalue weighted by molar-refractivity contribution is 7.18. The van der Waals surface area contributed by atoms with Crippen LogP contribution in [0.25, 0.3) is 21.9 Å². The van der Waals surface area contributed by atoms with Crippen LogP contribution in [0.5, 0.6) is 0 Å². The molecule has 8 heteroatoms. The molecule has 0 fully saturated rings. The van der Waals surface area contributed by atoms with Crippen molar-refractivity contribution in [3.05, 3.63) is 53.5 Å². The van der Waals surface area contributed by atoms with E-state index in [1.807, 2.05) is 18.3 Å². The van der Waals surface area contributed by atoms with E-state index in [1.165, 1.54) is 11.1 Å². The summed E-state index contributed by atoms with van der Waals surface area (Å²) >= 11 is 1.64. The van der Waals surface area contributed by atoms with Crippen molar-refractivity contribution in [1.29, 1.82) is 0 Å². The largest absolute Gasteiger partial charge is 0.442 e. The zero-order valence-corrected chi connectivity index (χ0v) is 14.9. The molecule has 0 saturated heterocycles. The molecule has 0 atom stereocenters. The first kappa shape index (κ1) is 17.3. The first-order chi connectivity index (χ1) is 11.8. The van der Waals surface area contributed by atoms with Gasteiger partial charge in [-0.25, -0.2) is 15.0 Å². The average molecular weight is 374 g/mol. The minimum atomic E-state index is 0. The van der Waals surface area contributed by atoms with E-state index in [9.17, 15) is 0 Å². The lowest BCUT2D eigenvalue weighted by Gasteiger charge is -1.98. The van der Waals surface area contributed by atoms with Gasteiger partial charge in [0, 0.05) is 16.8 Å². The number of nitrogen functional groups attached to an aromatic ring is 1. The Labute approximate surface area is 154 Å². The number of rotatable bonds is 5. The quantitative estimate of drug-likeness (QED) is 0.570. The van der Waals surface area contributed by atoms with Crippen molar-refractivity contribution in [3.63, 3.8) is 0 Å². The molecule has 4 rings (SSSR count). The third-order valence-electron chi connectivity index (χ3n) is 3.68. The van der Waals surface area contributed by atoms with Crippen LogP contribution in [-0.4, -0.2) is 19.9 Å². The predicted octanol–water partition coefficient (Wildman–Crippen LogP) is 3.92. The Kier molecular flexibility index (Phi) is 5.25. The second-order valence-corrected chi connectivity index (χ2v) is 6.49. The van der Waals surface area contributed by atoms with E-state index in [0.717, 1.165) is 35.2 Å². The lowest BCUT2D eigenvalue weighted by molar-refractivity contribution is 0.569. The standard InChI is InChI=1S/C17H15N5OS.ClH/c18-14-13-10-12(6-3-5-11-4-1-2-7-19-11)24-17(13)22-15(21-14)16-20-8-9-23-16;/h1-2,4,7-10H,3,5-6H2,(H2,18,21,22);1H. The maximum absolute atomic E-state index is 6.07. The summed E-state index contributed by atoms with van der Waals surface area (Å²) in [5.41, 5.74) is 7.19. The highest BCUT2D eigenvalue weighted by Crippen LogP contribution is 2.30. The molecule has 0 spiro atoms. The van der Waals surface area contributed by atoms with Crippen molar-refractivity contribution in [3.8, 4) is 11.7 Å². The Morgan fingerprint density at radius 3 is 2.76 bits per heavy atom. The number of nitrogens with two attached hydrogens (primary N) is 1. The van der Waals surface area contributed by atoms with Crippen LogP contribution in [0.15, 0.2) is 47.3 Å². The molecular formula is C17H16ClN5OS. The fraction of sp³-hybridized carbons (Fsp3) is 0.176. The molecule has 0 aliphatic rings. The van der Waals surface area contributed by atoms with Crippen molar-refractivity contribution in [2.45, 2.75) is 19.3 Å². The number of halogens is 1. The fourth-order valence-electron chi connectivity index (χ4n) is 2.54. The van der Waals surface area contributed by atoms with E-state index in [0.29, 0.717) is 17.5 Å². The summed E-state index contributed by atoms with van der Waals surface area (Å²) in [5.74, 6) is 1.26. The molecule has 0 amide bonds. The van der Waals surface area contributed by atoms with Gasteiger partial charge in [-0.1, -0.05) is 6.07 Å². The number of hydrogen-bond donors (Lipinski definition) is 1. The molecule has 0 aliphatic heterocycles. The van der Waals surface area contributed by atoms with Crippen LogP contribution in [-0.2, 0) is 12.8 Å². The summed E-state index contributed by atoms with van der Waals surface area (Å²) in [4.78, 5) is 19.3. The number of fused-ring (bicyclic) bond motifs is 1. The van der Waals surface area contributed by atoms with E-state index in [1.54, 1.807) is 17.5 Å². The maximum Gasteiger partial charge on any atom is 0.264 e. The van der Waals surface area contributed by atoms with Crippen LogP contribution in [0.2, 0.25) is 0 Å². The van der Waals surface area contributed by atoms with Crippen LogP contribution in [0, 0.1) is 0 Å². The molecule has 6 nitrogen and oxygen atoms in total. The van der Waals surface area contributed by atoms with Gasteiger partial charge < -0.3 is 10.2 Å². The van der Waals surface area contributed by atoms with Gasteiger partial charge in [0.15, 0.2) is 0 Å². The Bertz CT molecular complexity index is 956. The zero-order chi connectivity index (χ0) is 16.4. The normalized spacial score (nSPS) is 10.7. The molecule has 2 N–H and O–H groups in total. The molecule has 0 bridgehead atoms. The van der Waals surface area contributed by atoms with Crippen LogP contribution in [0.4, 0.5) is 5.82 Å². The zero-order valence-electron chi connectivity index (χ0n) is 13.3. The van der Waals surface area contributed by atoms with Crippen molar-refractivity contribution in [2.24, 2.45) is 0 Å².